The molecule has 0 radical (unpaired) electrons. The lowest BCUT2D eigenvalue weighted by atomic mass is 10.00. The molecule has 0 fully saturated rings. The highest BCUT2D eigenvalue weighted by molar-refractivity contribution is 6.03. The molecule has 0 aliphatic rings. The van der Waals surface area contributed by atoms with Gasteiger partial charge in [-0.15, -0.1) is 0 Å². The number of amides is 1. The third-order valence-corrected chi connectivity index (χ3v) is 4.26. The van der Waals surface area contributed by atoms with Crippen LogP contribution < -0.4 is 5.32 Å². The molecule has 1 atom stereocenters. The summed E-state index contributed by atoms with van der Waals surface area (Å²) in [4.78, 5) is 37.7. The second-order valence-electron chi connectivity index (χ2n) is 6.58. The van der Waals surface area contributed by atoms with Crippen molar-refractivity contribution < 1.29 is 19.1 Å². The molecular weight excluding hydrogens is 378 g/mol. The van der Waals surface area contributed by atoms with Gasteiger partial charge in [0.1, 0.15) is 5.70 Å². The van der Waals surface area contributed by atoms with Gasteiger partial charge in [-0.2, -0.15) is 0 Å². The van der Waals surface area contributed by atoms with Crippen LogP contribution in [-0.2, 0) is 14.3 Å². The second kappa shape index (κ2) is 9.98. The number of carbonyl (C=O) groups is 3. The summed E-state index contributed by atoms with van der Waals surface area (Å²) >= 11 is 0. The topological polar surface area (TPSA) is 72.5 Å². The lowest BCUT2D eigenvalue weighted by molar-refractivity contribution is -0.143. The van der Waals surface area contributed by atoms with E-state index in [1.54, 1.807) is 66.7 Å². The maximum atomic E-state index is 13.1. The van der Waals surface area contributed by atoms with Crippen molar-refractivity contribution in [2.45, 2.75) is 13.0 Å². The normalized spacial score (nSPS) is 12.0. The molecular formula is C25H21NO4. The third kappa shape index (κ3) is 5.52. The third-order valence-electron chi connectivity index (χ3n) is 4.26. The Labute approximate surface area is 175 Å². The van der Waals surface area contributed by atoms with Crippen molar-refractivity contribution in [2.24, 2.45) is 0 Å². The molecule has 0 saturated carbocycles. The number of Topliss-reactive ketones (excluding diaryl/α,β-unsaturated/α-hetero) is 1. The molecule has 0 aliphatic carbocycles. The Balaban J connectivity index is 1.93. The number of carbonyl (C=O) groups excluding carboxylic acids is 3. The van der Waals surface area contributed by atoms with Gasteiger partial charge in [-0.3, -0.25) is 9.59 Å². The number of hydrogen-bond donors (Lipinski definition) is 1. The molecule has 5 nitrogen and oxygen atoms in total. The zero-order chi connectivity index (χ0) is 21.3. The van der Waals surface area contributed by atoms with Crippen LogP contribution >= 0.6 is 0 Å². The van der Waals surface area contributed by atoms with Crippen molar-refractivity contribution in [3.05, 3.63) is 113 Å². The molecule has 3 aromatic rings. The van der Waals surface area contributed by atoms with Gasteiger partial charge < -0.3 is 10.1 Å². The molecule has 0 unspecified atom stereocenters. The molecule has 0 aliphatic heterocycles. The lowest BCUT2D eigenvalue weighted by Crippen LogP contribution is -2.29. The maximum absolute atomic E-state index is 13.1. The maximum Gasteiger partial charge on any atom is 0.355 e. The van der Waals surface area contributed by atoms with Gasteiger partial charge in [0.2, 0.25) is 11.7 Å². The van der Waals surface area contributed by atoms with Crippen molar-refractivity contribution >= 4 is 23.7 Å². The minimum Gasteiger partial charge on any atom is -0.444 e. The average Bonchev–Trinajstić information content (AvgIpc) is 2.78. The smallest absolute Gasteiger partial charge is 0.355 e. The lowest BCUT2D eigenvalue weighted by Gasteiger charge is -2.18. The molecule has 0 bridgehead atoms. The highest BCUT2D eigenvalue weighted by Gasteiger charge is 2.27. The summed E-state index contributed by atoms with van der Waals surface area (Å²) in [5, 5.41) is 2.50. The predicted molar refractivity (Wildman–Crippen MR) is 114 cm³/mol. The Kier molecular flexibility index (Phi) is 6.90. The Bertz CT molecular complexity index is 1040. The summed E-state index contributed by atoms with van der Waals surface area (Å²) in [6.07, 6.45) is 0.368. The first-order valence-electron chi connectivity index (χ1n) is 9.44. The van der Waals surface area contributed by atoms with E-state index in [-0.39, 0.29) is 11.5 Å². The van der Waals surface area contributed by atoms with E-state index in [2.05, 4.69) is 5.32 Å². The van der Waals surface area contributed by atoms with Crippen LogP contribution in [-0.4, -0.2) is 17.7 Å². The van der Waals surface area contributed by atoms with E-state index >= 15 is 0 Å². The molecule has 0 heterocycles. The van der Waals surface area contributed by atoms with E-state index in [1.807, 2.05) is 24.3 Å². The minimum absolute atomic E-state index is 0.0458. The van der Waals surface area contributed by atoms with Crippen LogP contribution in [0.1, 0.15) is 34.5 Å². The first-order valence-corrected chi connectivity index (χ1v) is 9.44. The van der Waals surface area contributed by atoms with Crippen LogP contribution in [0.3, 0.4) is 0 Å². The number of hydrogen-bond acceptors (Lipinski definition) is 4. The Morgan fingerprint density at radius 2 is 1.33 bits per heavy atom. The second-order valence-corrected chi connectivity index (χ2v) is 6.58. The van der Waals surface area contributed by atoms with Crippen LogP contribution in [0.2, 0.25) is 0 Å². The Morgan fingerprint density at radius 3 is 1.90 bits per heavy atom. The van der Waals surface area contributed by atoms with Gasteiger partial charge >= 0.3 is 5.97 Å². The van der Waals surface area contributed by atoms with Crippen molar-refractivity contribution in [3.63, 3.8) is 0 Å². The van der Waals surface area contributed by atoms with Gasteiger partial charge in [0.15, 0.2) is 6.10 Å². The van der Waals surface area contributed by atoms with Gasteiger partial charge in [-0.25, -0.2) is 4.79 Å². The van der Waals surface area contributed by atoms with Crippen molar-refractivity contribution in [1.29, 1.82) is 0 Å². The quantitative estimate of drug-likeness (QED) is 0.365. The monoisotopic (exact) mass is 399 g/mol. The zero-order valence-electron chi connectivity index (χ0n) is 16.4. The number of ether oxygens (including phenoxy) is 1. The Hall–Kier alpha value is -3.99. The van der Waals surface area contributed by atoms with E-state index in [0.717, 1.165) is 0 Å². The van der Waals surface area contributed by atoms with Gasteiger partial charge in [0.05, 0.1) is 0 Å². The number of ketones is 1. The van der Waals surface area contributed by atoms with Crippen molar-refractivity contribution in [1.82, 2.24) is 5.32 Å². The molecule has 0 spiro atoms. The molecule has 150 valence electrons. The highest BCUT2D eigenvalue weighted by Crippen LogP contribution is 2.24. The van der Waals surface area contributed by atoms with Crippen LogP contribution in [0, 0.1) is 0 Å². The summed E-state index contributed by atoms with van der Waals surface area (Å²) in [6, 6.07) is 26.5. The van der Waals surface area contributed by atoms with Gasteiger partial charge in [-0.1, -0.05) is 91.0 Å². The highest BCUT2D eigenvalue weighted by atomic mass is 16.5. The number of benzene rings is 3. The van der Waals surface area contributed by atoms with Gasteiger partial charge in [0.25, 0.3) is 0 Å². The summed E-state index contributed by atoms with van der Waals surface area (Å²) in [5.41, 5.74) is 1.63. The van der Waals surface area contributed by atoms with E-state index < -0.39 is 18.0 Å². The molecule has 0 aromatic heterocycles. The first kappa shape index (κ1) is 20.7. The Morgan fingerprint density at radius 1 is 0.800 bits per heavy atom. The van der Waals surface area contributed by atoms with Crippen LogP contribution in [0.4, 0.5) is 0 Å². The standard InChI is InChI=1S/C25H21NO4/c1-18(27)26-22(17-19-11-5-2-6-12-19)25(29)30-24(21-15-9-4-10-16-21)23(28)20-13-7-3-8-14-20/h2-17,24H,1H3,(H,26,27)/b22-17-/t24-/m1/s1. The summed E-state index contributed by atoms with van der Waals surface area (Å²) < 4.78 is 5.62. The molecule has 0 saturated heterocycles. The number of esters is 1. The molecule has 1 N–H and O–H groups in total. The van der Waals surface area contributed by atoms with Gasteiger partial charge in [0, 0.05) is 18.1 Å². The zero-order valence-corrected chi connectivity index (χ0v) is 16.4. The summed E-state index contributed by atoms with van der Waals surface area (Å²) in [5.74, 6) is -1.57. The summed E-state index contributed by atoms with van der Waals surface area (Å²) in [7, 11) is 0. The fourth-order valence-corrected chi connectivity index (χ4v) is 2.88. The molecule has 5 heteroatoms. The van der Waals surface area contributed by atoms with E-state index in [1.165, 1.54) is 13.0 Å². The van der Waals surface area contributed by atoms with Crippen molar-refractivity contribution in [2.75, 3.05) is 0 Å². The largest absolute Gasteiger partial charge is 0.444 e. The van der Waals surface area contributed by atoms with E-state index in [4.69, 9.17) is 4.74 Å². The van der Waals surface area contributed by atoms with Crippen LogP contribution in [0.5, 0.6) is 0 Å². The van der Waals surface area contributed by atoms with E-state index in [9.17, 15) is 14.4 Å². The van der Waals surface area contributed by atoms with Crippen molar-refractivity contribution in [3.8, 4) is 0 Å². The average molecular weight is 399 g/mol. The molecule has 3 aromatic carbocycles. The van der Waals surface area contributed by atoms with E-state index in [0.29, 0.717) is 16.7 Å². The number of rotatable bonds is 7. The minimum atomic E-state index is -1.14. The van der Waals surface area contributed by atoms with Crippen LogP contribution in [0.15, 0.2) is 96.7 Å². The van der Waals surface area contributed by atoms with Gasteiger partial charge in [-0.05, 0) is 11.6 Å². The first-order chi connectivity index (χ1) is 14.5. The molecule has 3 rings (SSSR count). The fraction of sp³-hybridized carbons (Fsp3) is 0.0800. The predicted octanol–water partition coefficient (Wildman–Crippen LogP) is 4.33. The molecule has 30 heavy (non-hydrogen) atoms. The summed E-state index contributed by atoms with van der Waals surface area (Å²) in [6.45, 7) is 1.30. The fourth-order valence-electron chi connectivity index (χ4n) is 2.88. The molecule has 1 amide bonds. The number of nitrogens with one attached hydrogen (secondary N) is 1. The van der Waals surface area contributed by atoms with Crippen LogP contribution in [0.25, 0.3) is 6.08 Å². The SMILES string of the molecule is CC(=O)N/C(=C\c1ccccc1)C(=O)O[C@@H](C(=O)c1ccccc1)c1ccccc1.